The zero-order chi connectivity index (χ0) is 12.8. The summed E-state index contributed by atoms with van der Waals surface area (Å²) in [6.07, 6.45) is 3.55. The summed E-state index contributed by atoms with van der Waals surface area (Å²) in [6.45, 7) is 1.54. The van der Waals surface area contributed by atoms with Crippen LogP contribution in [0.15, 0.2) is 24.3 Å². The number of rotatable bonds is 1. The van der Waals surface area contributed by atoms with E-state index in [0.717, 1.165) is 38.0 Å². The standard InChI is InChI=1S/C15H18N2O2/c18-15(17-8-11-5-6-12(9-17)19-11)14-7-10-3-1-2-4-13(10)16-14/h1-4,11-12,14,16H,5-9H2. The zero-order valence-electron chi connectivity index (χ0n) is 10.8. The quantitative estimate of drug-likeness (QED) is 0.828. The number of fused-ring (bicyclic) bond motifs is 3. The van der Waals surface area contributed by atoms with Gasteiger partial charge in [-0.25, -0.2) is 0 Å². The highest BCUT2D eigenvalue weighted by atomic mass is 16.5. The van der Waals surface area contributed by atoms with Crippen LogP contribution in [-0.2, 0) is 16.0 Å². The maximum Gasteiger partial charge on any atom is 0.245 e. The number of ether oxygens (including phenoxy) is 1. The normalized spacial score (nSPS) is 32.0. The molecule has 4 rings (SSSR count). The van der Waals surface area contributed by atoms with Crippen molar-refractivity contribution >= 4 is 11.6 Å². The number of benzene rings is 1. The Morgan fingerprint density at radius 3 is 2.68 bits per heavy atom. The van der Waals surface area contributed by atoms with E-state index in [0.29, 0.717) is 0 Å². The molecule has 1 N–H and O–H groups in total. The number of amides is 1. The van der Waals surface area contributed by atoms with Gasteiger partial charge in [0.2, 0.25) is 5.91 Å². The van der Waals surface area contributed by atoms with Crippen LogP contribution in [-0.4, -0.2) is 42.1 Å². The van der Waals surface area contributed by atoms with Gasteiger partial charge in [-0.15, -0.1) is 0 Å². The molecule has 4 nitrogen and oxygen atoms in total. The van der Waals surface area contributed by atoms with Crippen molar-refractivity contribution in [2.24, 2.45) is 0 Å². The van der Waals surface area contributed by atoms with Crippen molar-refractivity contribution < 1.29 is 9.53 Å². The molecule has 100 valence electrons. The molecule has 0 aromatic heterocycles. The molecule has 3 aliphatic heterocycles. The lowest BCUT2D eigenvalue weighted by Gasteiger charge is -2.33. The lowest BCUT2D eigenvalue weighted by molar-refractivity contribution is -0.140. The van der Waals surface area contributed by atoms with Crippen LogP contribution in [0, 0.1) is 0 Å². The van der Waals surface area contributed by atoms with Crippen LogP contribution in [0.4, 0.5) is 5.69 Å². The molecular formula is C15H18N2O2. The first-order chi connectivity index (χ1) is 9.29. The molecule has 0 saturated carbocycles. The van der Waals surface area contributed by atoms with Crippen LogP contribution in [0.1, 0.15) is 18.4 Å². The molecular weight excluding hydrogens is 240 g/mol. The first kappa shape index (κ1) is 11.3. The van der Waals surface area contributed by atoms with E-state index in [1.54, 1.807) is 0 Å². The van der Waals surface area contributed by atoms with Crippen molar-refractivity contribution in [1.29, 1.82) is 0 Å². The van der Waals surface area contributed by atoms with Crippen molar-refractivity contribution in [3.63, 3.8) is 0 Å². The van der Waals surface area contributed by atoms with Gasteiger partial charge < -0.3 is 15.0 Å². The smallest absolute Gasteiger partial charge is 0.245 e. The number of hydrogen-bond donors (Lipinski definition) is 1. The fourth-order valence-electron chi connectivity index (χ4n) is 3.46. The molecule has 0 radical (unpaired) electrons. The minimum atomic E-state index is -0.0881. The lowest BCUT2D eigenvalue weighted by atomic mass is 10.1. The summed E-state index contributed by atoms with van der Waals surface area (Å²) in [5.74, 6) is 0.233. The van der Waals surface area contributed by atoms with Crippen molar-refractivity contribution in [2.75, 3.05) is 18.4 Å². The van der Waals surface area contributed by atoms with E-state index in [1.807, 2.05) is 23.1 Å². The van der Waals surface area contributed by atoms with Crippen LogP contribution >= 0.6 is 0 Å². The van der Waals surface area contributed by atoms with Gasteiger partial charge in [-0.2, -0.15) is 0 Å². The molecule has 19 heavy (non-hydrogen) atoms. The van der Waals surface area contributed by atoms with Crippen LogP contribution in [0.25, 0.3) is 0 Å². The fourth-order valence-corrected chi connectivity index (χ4v) is 3.46. The second-order valence-electron chi connectivity index (χ2n) is 5.76. The van der Waals surface area contributed by atoms with Crippen LogP contribution in [0.2, 0.25) is 0 Å². The minimum absolute atomic E-state index is 0.0881. The molecule has 3 aliphatic rings. The third kappa shape index (κ3) is 1.91. The van der Waals surface area contributed by atoms with Crippen LogP contribution in [0.5, 0.6) is 0 Å². The SMILES string of the molecule is O=C(C1Cc2ccccc2N1)N1CC2CCC(C1)O2. The molecule has 2 bridgehead atoms. The van der Waals surface area contributed by atoms with E-state index >= 15 is 0 Å². The van der Waals surface area contributed by atoms with Crippen molar-refractivity contribution in [1.82, 2.24) is 4.90 Å². The Morgan fingerprint density at radius 1 is 1.21 bits per heavy atom. The summed E-state index contributed by atoms with van der Waals surface area (Å²) in [4.78, 5) is 14.6. The van der Waals surface area contributed by atoms with E-state index in [-0.39, 0.29) is 24.2 Å². The van der Waals surface area contributed by atoms with Crippen molar-refractivity contribution in [3.05, 3.63) is 29.8 Å². The summed E-state index contributed by atoms with van der Waals surface area (Å²) in [5, 5.41) is 3.35. The van der Waals surface area contributed by atoms with Gasteiger partial charge in [0, 0.05) is 25.2 Å². The van der Waals surface area contributed by atoms with Gasteiger partial charge >= 0.3 is 0 Å². The second-order valence-corrected chi connectivity index (χ2v) is 5.76. The average molecular weight is 258 g/mol. The number of anilines is 1. The highest BCUT2D eigenvalue weighted by molar-refractivity contribution is 5.87. The number of hydrogen-bond acceptors (Lipinski definition) is 3. The highest BCUT2D eigenvalue weighted by Gasteiger charge is 2.38. The Balaban J connectivity index is 1.48. The monoisotopic (exact) mass is 258 g/mol. The first-order valence-electron chi connectivity index (χ1n) is 7.08. The van der Waals surface area contributed by atoms with Gasteiger partial charge in [-0.05, 0) is 24.5 Å². The van der Waals surface area contributed by atoms with E-state index < -0.39 is 0 Å². The topological polar surface area (TPSA) is 41.6 Å². The van der Waals surface area contributed by atoms with Gasteiger partial charge in [0.25, 0.3) is 0 Å². The number of carbonyl (C=O) groups excluding carboxylic acids is 1. The van der Waals surface area contributed by atoms with E-state index in [4.69, 9.17) is 4.74 Å². The maximum atomic E-state index is 12.6. The van der Waals surface area contributed by atoms with Crippen molar-refractivity contribution in [2.45, 2.75) is 37.5 Å². The third-order valence-electron chi connectivity index (χ3n) is 4.42. The van der Waals surface area contributed by atoms with E-state index in [1.165, 1.54) is 5.56 Å². The number of para-hydroxylation sites is 1. The van der Waals surface area contributed by atoms with Crippen LogP contribution in [0.3, 0.4) is 0 Å². The van der Waals surface area contributed by atoms with Gasteiger partial charge in [0.1, 0.15) is 6.04 Å². The summed E-state index contributed by atoms with van der Waals surface area (Å²) in [6, 6.07) is 8.09. The Hall–Kier alpha value is -1.55. The predicted molar refractivity (Wildman–Crippen MR) is 72.0 cm³/mol. The summed E-state index contributed by atoms with van der Waals surface area (Å²) >= 11 is 0. The lowest BCUT2D eigenvalue weighted by Crippen LogP contribution is -2.50. The Bertz CT molecular complexity index is 480. The van der Waals surface area contributed by atoms with Gasteiger partial charge in [0.15, 0.2) is 0 Å². The Kier molecular flexibility index (Phi) is 2.52. The first-order valence-corrected chi connectivity index (χ1v) is 7.08. The molecule has 2 fully saturated rings. The molecule has 3 unspecified atom stereocenters. The largest absolute Gasteiger partial charge is 0.373 e. The third-order valence-corrected chi connectivity index (χ3v) is 4.42. The molecule has 1 aromatic rings. The van der Waals surface area contributed by atoms with Gasteiger partial charge in [0.05, 0.1) is 12.2 Å². The molecule has 0 spiro atoms. The maximum absolute atomic E-state index is 12.6. The second kappa shape index (κ2) is 4.23. The van der Waals surface area contributed by atoms with Crippen molar-refractivity contribution in [3.8, 4) is 0 Å². The highest BCUT2D eigenvalue weighted by Crippen LogP contribution is 2.29. The number of morpholine rings is 1. The Morgan fingerprint density at radius 2 is 1.95 bits per heavy atom. The molecule has 0 aliphatic carbocycles. The van der Waals surface area contributed by atoms with Gasteiger partial charge in [-0.1, -0.05) is 18.2 Å². The molecule has 3 atom stereocenters. The molecule has 2 saturated heterocycles. The molecule has 1 amide bonds. The van der Waals surface area contributed by atoms with Gasteiger partial charge in [-0.3, -0.25) is 4.79 Å². The van der Waals surface area contributed by atoms with E-state index in [9.17, 15) is 4.79 Å². The van der Waals surface area contributed by atoms with E-state index in [2.05, 4.69) is 11.4 Å². The van der Waals surface area contributed by atoms with Crippen LogP contribution < -0.4 is 5.32 Å². The predicted octanol–water partition coefficient (Wildman–Crippen LogP) is 1.41. The average Bonchev–Trinajstić information content (AvgIpc) is 3.01. The number of nitrogens with zero attached hydrogens (tertiary/aromatic N) is 1. The Labute approximate surface area is 112 Å². The molecule has 1 aromatic carbocycles. The number of carbonyl (C=O) groups is 1. The zero-order valence-corrected chi connectivity index (χ0v) is 10.8. The fraction of sp³-hybridized carbons (Fsp3) is 0.533. The summed E-state index contributed by atoms with van der Waals surface area (Å²) in [7, 11) is 0. The molecule has 3 heterocycles. The molecule has 4 heteroatoms. The summed E-state index contributed by atoms with van der Waals surface area (Å²) < 4.78 is 5.79. The number of likely N-dealkylation sites (tertiary alicyclic amines) is 1. The minimum Gasteiger partial charge on any atom is -0.373 e. The summed E-state index contributed by atoms with van der Waals surface area (Å²) in [5.41, 5.74) is 2.36. The number of nitrogens with one attached hydrogen (secondary N) is 1.